The van der Waals surface area contributed by atoms with Gasteiger partial charge in [0, 0.05) is 10.4 Å². The first-order chi connectivity index (χ1) is 8.63. The van der Waals surface area contributed by atoms with Crippen molar-refractivity contribution in [3.63, 3.8) is 0 Å². The van der Waals surface area contributed by atoms with Crippen molar-refractivity contribution in [3.05, 3.63) is 51.5 Å². The van der Waals surface area contributed by atoms with E-state index in [1.54, 1.807) is 5.51 Å². The van der Waals surface area contributed by atoms with E-state index in [1.807, 2.05) is 13.8 Å². The molecule has 0 amide bonds. The van der Waals surface area contributed by atoms with Gasteiger partial charge in [-0.2, -0.15) is 0 Å². The maximum atomic E-state index is 13.8. The maximum absolute atomic E-state index is 13.8. The van der Waals surface area contributed by atoms with E-state index in [9.17, 15) is 8.78 Å². The van der Waals surface area contributed by atoms with Crippen LogP contribution in [-0.2, 0) is 0 Å². The first-order valence-electron chi connectivity index (χ1n) is 5.71. The van der Waals surface area contributed by atoms with E-state index in [2.05, 4.69) is 10.3 Å². The third kappa shape index (κ3) is 2.57. The summed E-state index contributed by atoms with van der Waals surface area (Å²) < 4.78 is 27.1. The van der Waals surface area contributed by atoms with E-state index in [0.717, 1.165) is 22.7 Å². The fourth-order valence-electron chi connectivity index (χ4n) is 1.87. The van der Waals surface area contributed by atoms with Crippen LogP contribution in [0, 0.1) is 18.6 Å². The van der Waals surface area contributed by atoms with E-state index >= 15 is 0 Å². The molecule has 96 valence electrons. The highest BCUT2D eigenvalue weighted by molar-refractivity contribution is 7.09. The lowest BCUT2D eigenvalue weighted by Crippen LogP contribution is -2.23. The molecule has 1 heterocycles. The summed E-state index contributed by atoms with van der Waals surface area (Å²) in [6, 6.07) is 3.17. The first kappa shape index (κ1) is 13.1. The highest BCUT2D eigenvalue weighted by Gasteiger charge is 2.21. The summed E-state index contributed by atoms with van der Waals surface area (Å²) in [5.41, 5.74) is 2.88. The fraction of sp³-hybridized carbons (Fsp3) is 0.308. The van der Waals surface area contributed by atoms with Crippen LogP contribution in [0.5, 0.6) is 0 Å². The third-order valence-corrected chi connectivity index (χ3v) is 3.72. The topological polar surface area (TPSA) is 24.9 Å². The number of thiazole rings is 1. The Labute approximate surface area is 109 Å². The number of nitrogens with zero attached hydrogens (tertiary/aromatic N) is 1. The van der Waals surface area contributed by atoms with Crippen molar-refractivity contribution < 1.29 is 8.78 Å². The number of aromatic nitrogens is 1. The second-order valence-corrected chi connectivity index (χ2v) is 4.84. The van der Waals surface area contributed by atoms with Gasteiger partial charge in [0.15, 0.2) is 0 Å². The average molecular weight is 268 g/mol. The maximum Gasteiger partial charge on any atom is 0.128 e. The fourth-order valence-corrected chi connectivity index (χ4v) is 2.77. The normalized spacial score (nSPS) is 12.7. The van der Waals surface area contributed by atoms with E-state index < -0.39 is 11.6 Å². The molecule has 0 saturated heterocycles. The number of rotatable bonds is 4. The zero-order valence-electron chi connectivity index (χ0n) is 10.2. The lowest BCUT2D eigenvalue weighted by atomic mass is 10.0. The Morgan fingerprint density at radius 1 is 1.39 bits per heavy atom. The lowest BCUT2D eigenvalue weighted by molar-refractivity contribution is 0.547. The van der Waals surface area contributed by atoms with Crippen LogP contribution in [-0.4, -0.2) is 11.5 Å². The average Bonchev–Trinajstić information content (AvgIpc) is 2.76. The molecule has 1 atom stereocenters. The molecule has 2 rings (SSSR count). The van der Waals surface area contributed by atoms with Gasteiger partial charge < -0.3 is 5.32 Å². The van der Waals surface area contributed by atoms with Crippen molar-refractivity contribution in [2.45, 2.75) is 19.9 Å². The van der Waals surface area contributed by atoms with Crippen molar-refractivity contribution >= 4 is 11.3 Å². The van der Waals surface area contributed by atoms with Crippen molar-refractivity contribution in [2.75, 3.05) is 6.54 Å². The predicted molar refractivity (Wildman–Crippen MR) is 68.7 cm³/mol. The molecule has 0 spiro atoms. The summed E-state index contributed by atoms with van der Waals surface area (Å²) in [6.07, 6.45) is 0. The van der Waals surface area contributed by atoms with Crippen LogP contribution in [0.3, 0.4) is 0 Å². The third-order valence-electron chi connectivity index (χ3n) is 2.72. The van der Waals surface area contributed by atoms with E-state index in [0.29, 0.717) is 12.1 Å². The van der Waals surface area contributed by atoms with Gasteiger partial charge in [-0.3, -0.25) is 0 Å². The molecule has 1 aromatic heterocycles. The largest absolute Gasteiger partial charge is 0.306 e. The molecule has 1 N–H and O–H groups in total. The Hall–Kier alpha value is -1.33. The molecule has 0 aliphatic heterocycles. The van der Waals surface area contributed by atoms with Crippen molar-refractivity contribution in [3.8, 4) is 0 Å². The van der Waals surface area contributed by atoms with Crippen LogP contribution in [0.15, 0.2) is 23.7 Å². The molecule has 2 nitrogen and oxygen atoms in total. The van der Waals surface area contributed by atoms with Crippen LogP contribution in [0.25, 0.3) is 0 Å². The number of halogens is 2. The number of nitrogens with one attached hydrogen (secondary N) is 1. The Morgan fingerprint density at radius 2 is 2.17 bits per heavy atom. The van der Waals surface area contributed by atoms with Gasteiger partial charge in [-0.15, -0.1) is 11.3 Å². The lowest BCUT2D eigenvalue weighted by Gasteiger charge is -2.18. The number of benzene rings is 1. The Morgan fingerprint density at radius 3 is 2.78 bits per heavy atom. The molecular formula is C13H14F2N2S. The van der Waals surface area contributed by atoms with Gasteiger partial charge >= 0.3 is 0 Å². The highest BCUT2D eigenvalue weighted by Crippen LogP contribution is 2.29. The van der Waals surface area contributed by atoms with Crippen LogP contribution in [0.4, 0.5) is 8.78 Å². The van der Waals surface area contributed by atoms with Crippen molar-refractivity contribution in [1.29, 1.82) is 0 Å². The smallest absolute Gasteiger partial charge is 0.128 e. The summed E-state index contributed by atoms with van der Waals surface area (Å²) in [7, 11) is 0. The highest BCUT2D eigenvalue weighted by atomic mass is 32.1. The monoisotopic (exact) mass is 268 g/mol. The molecule has 1 aromatic carbocycles. The van der Waals surface area contributed by atoms with Gasteiger partial charge in [0.25, 0.3) is 0 Å². The number of hydrogen-bond acceptors (Lipinski definition) is 3. The van der Waals surface area contributed by atoms with Crippen molar-refractivity contribution in [2.24, 2.45) is 0 Å². The summed E-state index contributed by atoms with van der Waals surface area (Å²) in [5, 5.41) is 3.17. The van der Waals surface area contributed by atoms with Crippen LogP contribution >= 0.6 is 11.3 Å². The molecule has 5 heteroatoms. The molecular weight excluding hydrogens is 254 g/mol. The molecule has 2 aromatic rings. The van der Waals surface area contributed by atoms with Gasteiger partial charge in [-0.25, -0.2) is 13.8 Å². The molecule has 0 aliphatic rings. The van der Waals surface area contributed by atoms with Crippen molar-refractivity contribution in [1.82, 2.24) is 10.3 Å². The second-order valence-electron chi connectivity index (χ2n) is 3.96. The quantitative estimate of drug-likeness (QED) is 0.919. The summed E-state index contributed by atoms with van der Waals surface area (Å²) in [6.45, 7) is 4.46. The SMILES string of the molecule is CCNC(c1cc(F)ccc1F)c1scnc1C. The number of hydrogen-bond donors (Lipinski definition) is 1. The van der Waals surface area contributed by atoms with Gasteiger partial charge in [0.2, 0.25) is 0 Å². The zero-order valence-corrected chi connectivity index (χ0v) is 11.0. The Balaban J connectivity index is 2.48. The van der Waals surface area contributed by atoms with E-state index in [4.69, 9.17) is 0 Å². The predicted octanol–water partition coefficient (Wildman–Crippen LogP) is 3.43. The standard InChI is InChI=1S/C13H14F2N2S/c1-3-16-12(13-8(2)17-7-18-13)10-6-9(14)4-5-11(10)15/h4-7,12,16H,3H2,1-2H3. The summed E-state index contributed by atoms with van der Waals surface area (Å²) in [4.78, 5) is 5.08. The van der Waals surface area contributed by atoms with Gasteiger partial charge in [0.1, 0.15) is 11.6 Å². The number of aryl methyl sites for hydroxylation is 1. The molecule has 0 fully saturated rings. The molecule has 0 saturated carbocycles. The minimum absolute atomic E-state index is 0.323. The molecule has 0 radical (unpaired) electrons. The zero-order chi connectivity index (χ0) is 13.1. The van der Waals surface area contributed by atoms with Crippen LogP contribution in [0.2, 0.25) is 0 Å². The second kappa shape index (κ2) is 5.54. The van der Waals surface area contributed by atoms with Crippen LogP contribution < -0.4 is 5.32 Å². The van der Waals surface area contributed by atoms with Gasteiger partial charge in [0.05, 0.1) is 17.2 Å². The van der Waals surface area contributed by atoms with Gasteiger partial charge in [-0.1, -0.05) is 6.92 Å². The minimum atomic E-state index is -0.434. The van der Waals surface area contributed by atoms with Crippen LogP contribution in [0.1, 0.15) is 29.1 Å². The Kier molecular flexibility index (Phi) is 4.04. The minimum Gasteiger partial charge on any atom is -0.306 e. The Bertz CT molecular complexity index is 540. The molecule has 18 heavy (non-hydrogen) atoms. The summed E-state index contributed by atoms with van der Waals surface area (Å²) >= 11 is 1.44. The van der Waals surface area contributed by atoms with Gasteiger partial charge in [-0.05, 0) is 31.7 Å². The molecule has 1 unspecified atom stereocenters. The summed E-state index contributed by atoms with van der Waals surface area (Å²) in [5.74, 6) is -0.841. The molecule has 0 aliphatic carbocycles. The van der Waals surface area contributed by atoms with E-state index in [1.165, 1.54) is 17.4 Å². The first-order valence-corrected chi connectivity index (χ1v) is 6.59. The molecule has 0 bridgehead atoms. The van der Waals surface area contributed by atoms with E-state index in [-0.39, 0.29) is 6.04 Å².